The van der Waals surface area contributed by atoms with Gasteiger partial charge in [0.2, 0.25) is 0 Å². The van der Waals surface area contributed by atoms with Crippen molar-refractivity contribution in [2.45, 2.75) is 66.4 Å². The summed E-state index contributed by atoms with van der Waals surface area (Å²) < 4.78 is 39.7. The molecule has 1 amide bonds. The molecule has 0 atom stereocenters. The van der Waals surface area contributed by atoms with E-state index in [1.54, 1.807) is 83.7 Å². The van der Waals surface area contributed by atoms with Gasteiger partial charge < -0.3 is 36.6 Å². The highest BCUT2D eigenvalue weighted by molar-refractivity contribution is 6.31. The molecule has 0 bridgehead atoms. The molecule has 0 fully saturated rings. The Balaban J connectivity index is 0.000000312. The molecule has 0 saturated carbocycles. The quantitative estimate of drug-likeness (QED) is 0.0600. The summed E-state index contributed by atoms with van der Waals surface area (Å²) in [6, 6.07) is 15.2. The number of allylic oxidation sites excluding steroid dienone is 2. The summed E-state index contributed by atoms with van der Waals surface area (Å²) in [6.07, 6.45) is 9.14. The molecule has 13 nitrogen and oxygen atoms in total. The number of anilines is 4. The van der Waals surface area contributed by atoms with Gasteiger partial charge >= 0.3 is 5.97 Å². The van der Waals surface area contributed by atoms with Gasteiger partial charge in [-0.15, -0.1) is 0 Å². The van der Waals surface area contributed by atoms with Crippen molar-refractivity contribution in [1.29, 1.82) is 0 Å². The monoisotopic (exact) mass is 971 g/mol. The van der Waals surface area contributed by atoms with Gasteiger partial charge in [-0.1, -0.05) is 50.2 Å². The third-order valence-electron chi connectivity index (χ3n) is 9.22. The summed E-state index contributed by atoms with van der Waals surface area (Å²) in [5.41, 5.74) is 11.0. The first kappa shape index (κ1) is 54.0. The van der Waals surface area contributed by atoms with Gasteiger partial charge in [0.15, 0.2) is 0 Å². The molecular formula is C51H58Cl2F2N8O5. The van der Waals surface area contributed by atoms with E-state index in [4.69, 9.17) is 40.1 Å². The van der Waals surface area contributed by atoms with Gasteiger partial charge in [0.05, 0.1) is 54.2 Å². The second-order valence-electron chi connectivity index (χ2n) is 16.3. The van der Waals surface area contributed by atoms with E-state index in [9.17, 15) is 23.5 Å². The number of halogens is 4. The van der Waals surface area contributed by atoms with Crippen molar-refractivity contribution < 1.29 is 34.7 Å². The maximum atomic E-state index is 14.4. The van der Waals surface area contributed by atoms with Crippen LogP contribution in [-0.4, -0.2) is 73.4 Å². The lowest BCUT2D eigenvalue weighted by Crippen LogP contribution is -2.46. The minimum Gasteiger partial charge on any atom is -0.465 e. The van der Waals surface area contributed by atoms with Crippen LogP contribution in [0.4, 0.5) is 31.5 Å². The molecule has 7 N–H and O–H groups in total. The molecule has 0 saturated heterocycles. The van der Waals surface area contributed by atoms with Crippen molar-refractivity contribution in [2.24, 2.45) is 5.73 Å². The number of carbonyl (C=O) groups excluding carboxylic acids is 2. The highest BCUT2D eigenvalue weighted by Crippen LogP contribution is 2.34. The number of aliphatic hydroxyl groups excluding tert-OH is 2. The number of benzene rings is 2. The highest BCUT2D eigenvalue weighted by atomic mass is 35.5. The topological polar surface area (TPSA) is 198 Å². The van der Waals surface area contributed by atoms with Gasteiger partial charge in [-0.05, 0) is 113 Å². The first-order valence-electron chi connectivity index (χ1n) is 21.6. The van der Waals surface area contributed by atoms with E-state index in [0.29, 0.717) is 56.6 Å². The normalized spacial score (nSPS) is 10.9. The molecule has 4 aromatic heterocycles. The minimum absolute atomic E-state index is 0.0486. The number of nitrogens with zero attached hydrogens (tertiary/aromatic N) is 4. The smallest absolute Gasteiger partial charge is 0.341 e. The third kappa shape index (κ3) is 16.0. The van der Waals surface area contributed by atoms with Crippen LogP contribution in [0.2, 0.25) is 10.0 Å². The predicted molar refractivity (Wildman–Crippen MR) is 270 cm³/mol. The second-order valence-corrected chi connectivity index (χ2v) is 17.1. The van der Waals surface area contributed by atoms with Crippen LogP contribution in [0.3, 0.4) is 0 Å². The Morgan fingerprint density at radius 3 is 1.51 bits per heavy atom. The van der Waals surface area contributed by atoms with E-state index in [1.807, 2.05) is 13.8 Å². The first-order chi connectivity index (χ1) is 32.5. The van der Waals surface area contributed by atoms with Gasteiger partial charge in [-0.3, -0.25) is 24.7 Å². The van der Waals surface area contributed by atoms with E-state index in [2.05, 4.69) is 49.0 Å². The van der Waals surface area contributed by atoms with Crippen LogP contribution in [0, 0.1) is 11.6 Å². The van der Waals surface area contributed by atoms with Crippen molar-refractivity contribution in [3.63, 3.8) is 0 Å². The number of nitrogens with one attached hydrogen (secondary N) is 3. The maximum Gasteiger partial charge on any atom is 0.341 e. The Kier molecular flexibility index (Phi) is 20.2. The van der Waals surface area contributed by atoms with Crippen molar-refractivity contribution in [3.8, 4) is 22.5 Å². The maximum absolute atomic E-state index is 14.4. The van der Waals surface area contributed by atoms with E-state index in [0.717, 1.165) is 16.7 Å². The molecule has 0 unspecified atom stereocenters. The number of amides is 1. The molecule has 6 aromatic rings. The number of hydrogen-bond donors (Lipinski definition) is 6. The summed E-state index contributed by atoms with van der Waals surface area (Å²) in [5, 5.41) is 27.7. The van der Waals surface area contributed by atoms with E-state index in [1.165, 1.54) is 55.9 Å². The van der Waals surface area contributed by atoms with Crippen LogP contribution in [0.1, 0.15) is 88.6 Å². The number of aliphatic hydroxyl groups is 2. The fourth-order valence-electron chi connectivity index (χ4n) is 5.64. The Morgan fingerprint density at radius 2 is 1.13 bits per heavy atom. The van der Waals surface area contributed by atoms with Crippen LogP contribution in [0.15, 0.2) is 111 Å². The van der Waals surface area contributed by atoms with Gasteiger partial charge in [-0.2, -0.15) is 0 Å². The Morgan fingerprint density at radius 1 is 0.721 bits per heavy atom. The molecule has 0 radical (unpaired) electrons. The summed E-state index contributed by atoms with van der Waals surface area (Å²) in [6.45, 7) is 20.7. The van der Waals surface area contributed by atoms with Crippen molar-refractivity contribution >= 4 is 69.0 Å². The highest BCUT2D eigenvalue weighted by Gasteiger charge is 2.23. The molecule has 0 aliphatic rings. The standard InChI is InChI=1S/C24H24ClFN4O2.C21H17ClFN3O2.C4H11NO.C2H6/c1-14(2)17-12-28-21(16-9-15(25)5-6-19(16)26)10-22(17)29-20-7-8-27-11-18(20)23(32)30-24(3,4)13-31;1-12(2)15-11-25-19(14-8-13(22)4-5-17(14)23)9-20(15)26-18-6-7-24-10-16(18)21(27)28-3;1-4(2,5)3-6;1-2/h5-12,31H,1,13H2,2-4H3,(H,30,32)(H,27,28,29);4-11H,1H2,2-3H3,(H,24,25,26);6H,3,5H2,1-2H3;1-2H3/i;;;1D. The number of rotatable bonds is 13. The van der Waals surface area contributed by atoms with Gasteiger partial charge in [-0.25, -0.2) is 13.6 Å². The van der Waals surface area contributed by atoms with Gasteiger partial charge in [0.25, 0.3) is 5.91 Å². The van der Waals surface area contributed by atoms with E-state index >= 15 is 0 Å². The van der Waals surface area contributed by atoms with Crippen molar-refractivity contribution in [3.05, 3.63) is 155 Å². The molecule has 0 aliphatic heterocycles. The van der Waals surface area contributed by atoms with Crippen molar-refractivity contribution in [2.75, 3.05) is 31.0 Å². The molecule has 360 valence electrons. The minimum atomic E-state index is -0.805. The number of methoxy groups -OCH3 is 1. The molecule has 0 aliphatic carbocycles. The number of carbonyl (C=O) groups is 2. The predicted octanol–water partition coefficient (Wildman–Crippen LogP) is 11.5. The number of esters is 1. The van der Waals surface area contributed by atoms with Crippen LogP contribution in [0.25, 0.3) is 33.7 Å². The molecule has 6 rings (SSSR count). The van der Waals surface area contributed by atoms with E-state index < -0.39 is 34.6 Å². The van der Waals surface area contributed by atoms with Crippen molar-refractivity contribution in [1.82, 2.24) is 25.3 Å². The molecule has 68 heavy (non-hydrogen) atoms. The van der Waals surface area contributed by atoms with Crippen LogP contribution < -0.4 is 21.7 Å². The van der Waals surface area contributed by atoms with Crippen LogP contribution >= 0.6 is 23.2 Å². The number of nitrogens with two attached hydrogens (primary N) is 1. The largest absolute Gasteiger partial charge is 0.465 e. The summed E-state index contributed by atoms with van der Waals surface area (Å²) in [7, 11) is 1.30. The number of pyridine rings is 4. The summed E-state index contributed by atoms with van der Waals surface area (Å²) in [4.78, 5) is 41.6. The van der Waals surface area contributed by atoms with Gasteiger partial charge in [0, 0.05) is 87.8 Å². The zero-order chi connectivity index (χ0) is 51.6. The number of hydrogen-bond acceptors (Lipinski definition) is 12. The third-order valence-corrected chi connectivity index (χ3v) is 9.69. The lowest BCUT2D eigenvalue weighted by atomic mass is 10.0. The fraction of sp³-hybridized carbons (Fsp3) is 0.255. The molecule has 0 spiro atoms. The van der Waals surface area contributed by atoms with Crippen LogP contribution in [-0.2, 0) is 4.74 Å². The Bertz CT molecular complexity index is 2750. The Labute approximate surface area is 408 Å². The first-order valence-corrected chi connectivity index (χ1v) is 21.6. The van der Waals surface area contributed by atoms with E-state index in [-0.39, 0.29) is 35.5 Å². The average molecular weight is 973 g/mol. The number of aromatic nitrogens is 4. The second kappa shape index (κ2) is 25.5. The molecule has 17 heteroatoms. The SMILES string of the molecule is C=C(C)c1cnc(-c2cc(Cl)ccc2F)cc1Nc1ccncc1C(=O)NC(C)(C)CO.C=C(C)c1cnc(-c2cc(Cl)ccc2F)cc1Nc1ccncc1C(=O)OC.CC(C)(N)CO.[2H]CC. The lowest BCUT2D eigenvalue weighted by molar-refractivity contribution is 0.0601. The zero-order valence-electron chi connectivity index (χ0n) is 40.3. The Hall–Kier alpha value is -6.62. The lowest BCUT2D eigenvalue weighted by Gasteiger charge is -2.24. The molecular weight excluding hydrogens is 914 g/mol. The average Bonchev–Trinajstić information content (AvgIpc) is 3.30. The molecule has 2 aromatic carbocycles. The number of ether oxygens (including phenoxy) is 1. The fourth-order valence-corrected chi connectivity index (χ4v) is 5.99. The van der Waals surface area contributed by atoms with Crippen LogP contribution in [0.5, 0.6) is 0 Å². The van der Waals surface area contributed by atoms with Gasteiger partial charge in [0.1, 0.15) is 17.2 Å². The summed E-state index contributed by atoms with van der Waals surface area (Å²) >= 11 is 12.1. The molecule has 4 heterocycles. The zero-order valence-corrected chi connectivity index (χ0v) is 40.8. The summed E-state index contributed by atoms with van der Waals surface area (Å²) in [5.74, 6) is -1.81.